The molecule has 0 N–H and O–H groups in total. The van der Waals surface area contributed by atoms with Crippen molar-refractivity contribution in [1.29, 1.82) is 0 Å². The first-order valence-corrected chi connectivity index (χ1v) is 7.20. The molecule has 0 radical (unpaired) electrons. The maximum atomic E-state index is 13.7. The van der Waals surface area contributed by atoms with Gasteiger partial charge in [0, 0.05) is 18.6 Å². The Kier molecular flexibility index (Phi) is 4.81. The van der Waals surface area contributed by atoms with Crippen molar-refractivity contribution in [2.75, 3.05) is 7.11 Å². The number of rotatable bonds is 5. The van der Waals surface area contributed by atoms with Crippen LogP contribution in [0.1, 0.15) is 45.1 Å². The minimum absolute atomic E-state index is 0.268. The molecule has 1 fully saturated rings. The maximum absolute atomic E-state index is 13.7. The summed E-state index contributed by atoms with van der Waals surface area (Å²) in [5.74, 6) is 0.0517. The molecule has 1 aromatic rings. The molecule has 0 heterocycles. The number of ether oxygens (including phenoxy) is 1. The summed E-state index contributed by atoms with van der Waals surface area (Å²) in [7, 11) is 1.50. The zero-order chi connectivity index (χ0) is 13.8. The van der Waals surface area contributed by atoms with Crippen molar-refractivity contribution >= 4 is 0 Å². The van der Waals surface area contributed by atoms with E-state index in [1.807, 2.05) is 6.07 Å². The third-order valence-electron chi connectivity index (χ3n) is 4.04. The quantitative estimate of drug-likeness (QED) is 0.798. The molecule has 0 aromatic heterocycles. The van der Waals surface area contributed by atoms with E-state index in [1.54, 1.807) is 12.1 Å². The van der Waals surface area contributed by atoms with E-state index in [9.17, 15) is 4.39 Å². The Hall–Kier alpha value is -1.09. The summed E-state index contributed by atoms with van der Waals surface area (Å²) >= 11 is 0. The van der Waals surface area contributed by atoms with Gasteiger partial charge in [-0.15, -0.1) is 0 Å². The molecule has 1 saturated carbocycles. The predicted molar refractivity (Wildman–Crippen MR) is 75.9 cm³/mol. The van der Waals surface area contributed by atoms with Gasteiger partial charge in [0.1, 0.15) is 0 Å². The smallest absolute Gasteiger partial charge is 0.165 e. The Balaban J connectivity index is 2.10. The third kappa shape index (κ3) is 3.47. The number of halogens is 1. The Labute approximate surface area is 115 Å². The molecule has 1 aliphatic rings. The van der Waals surface area contributed by atoms with Crippen molar-refractivity contribution in [3.8, 4) is 5.75 Å². The van der Waals surface area contributed by atoms with E-state index >= 15 is 0 Å². The van der Waals surface area contributed by atoms with Gasteiger partial charge in [-0.25, -0.2) is 4.39 Å². The Morgan fingerprint density at radius 3 is 2.53 bits per heavy atom. The molecule has 0 saturated heterocycles. The summed E-state index contributed by atoms with van der Waals surface area (Å²) in [5, 5.41) is 0. The molecule has 1 aliphatic carbocycles. The molecule has 0 unspecified atom stereocenters. The summed E-state index contributed by atoms with van der Waals surface area (Å²) in [5.41, 5.74) is 1.03. The summed E-state index contributed by atoms with van der Waals surface area (Å²) in [6.45, 7) is 5.26. The minimum atomic E-state index is -0.268. The zero-order valence-electron chi connectivity index (χ0n) is 12.2. The first-order chi connectivity index (χ1) is 9.11. The van der Waals surface area contributed by atoms with Gasteiger partial charge in [-0.05, 0) is 44.4 Å². The van der Waals surface area contributed by atoms with Crippen LogP contribution < -0.4 is 4.74 Å². The van der Waals surface area contributed by atoms with Crippen LogP contribution in [0.3, 0.4) is 0 Å². The van der Waals surface area contributed by atoms with E-state index in [-0.39, 0.29) is 5.82 Å². The zero-order valence-corrected chi connectivity index (χ0v) is 12.2. The second kappa shape index (κ2) is 6.38. The lowest BCUT2D eigenvalue weighted by molar-refractivity contribution is 0.146. The highest BCUT2D eigenvalue weighted by molar-refractivity contribution is 5.29. The normalized spacial score (nSPS) is 16.5. The van der Waals surface area contributed by atoms with Crippen LogP contribution in [0.25, 0.3) is 0 Å². The van der Waals surface area contributed by atoms with Gasteiger partial charge in [-0.3, -0.25) is 4.90 Å². The molecule has 1 aromatic carbocycles. The number of nitrogens with zero attached hydrogens (tertiary/aromatic N) is 1. The Bertz CT molecular complexity index is 413. The van der Waals surface area contributed by atoms with Crippen LogP contribution in [0.5, 0.6) is 5.75 Å². The first-order valence-electron chi connectivity index (χ1n) is 7.20. The highest BCUT2D eigenvalue weighted by Crippen LogP contribution is 2.27. The van der Waals surface area contributed by atoms with Gasteiger partial charge >= 0.3 is 0 Å². The van der Waals surface area contributed by atoms with Gasteiger partial charge in [-0.1, -0.05) is 18.9 Å². The number of hydrogen-bond donors (Lipinski definition) is 0. The fourth-order valence-corrected chi connectivity index (χ4v) is 2.99. The Morgan fingerprint density at radius 2 is 2.00 bits per heavy atom. The van der Waals surface area contributed by atoms with E-state index < -0.39 is 0 Å². The van der Waals surface area contributed by atoms with Crippen LogP contribution >= 0.6 is 0 Å². The number of hydrogen-bond acceptors (Lipinski definition) is 2. The van der Waals surface area contributed by atoms with Gasteiger partial charge in [0.2, 0.25) is 0 Å². The molecule has 2 rings (SSSR count). The fourth-order valence-electron chi connectivity index (χ4n) is 2.99. The van der Waals surface area contributed by atoms with Crippen LogP contribution in [-0.2, 0) is 6.54 Å². The van der Waals surface area contributed by atoms with Gasteiger partial charge in [0.05, 0.1) is 7.11 Å². The van der Waals surface area contributed by atoms with Gasteiger partial charge in [0.25, 0.3) is 0 Å². The largest absolute Gasteiger partial charge is 0.494 e. The van der Waals surface area contributed by atoms with Crippen molar-refractivity contribution in [2.24, 2.45) is 0 Å². The first kappa shape index (κ1) is 14.3. The van der Waals surface area contributed by atoms with Crippen LogP contribution in [0.15, 0.2) is 18.2 Å². The highest BCUT2D eigenvalue weighted by atomic mass is 19.1. The standard InChI is InChI=1S/C16H24FNO/c1-12(2)18(14-6-4-5-7-14)11-13-8-9-16(19-3)15(17)10-13/h8-10,12,14H,4-7,11H2,1-3H3. The minimum Gasteiger partial charge on any atom is -0.494 e. The second-order valence-corrected chi connectivity index (χ2v) is 5.67. The van der Waals surface area contributed by atoms with E-state index in [0.717, 1.165) is 12.1 Å². The molecule has 0 aliphatic heterocycles. The van der Waals surface area contributed by atoms with Crippen molar-refractivity contribution < 1.29 is 9.13 Å². The molecule has 106 valence electrons. The number of benzene rings is 1. The van der Waals surface area contributed by atoms with Crippen LogP contribution in [0, 0.1) is 5.82 Å². The van der Waals surface area contributed by atoms with E-state index in [4.69, 9.17) is 4.74 Å². The average molecular weight is 265 g/mol. The van der Waals surface area contributed by atoms with Crippen molar-refractivity contribution in [1.82, 2.24) is 4.90 Å². The van der Waals surface area contributed by atoms with Crippen molar-refractivity contribution in [3.05, 3.63) is 29.6 Å². The van der Waals surface area contributed by atoms with Crippen LogP contribution in [-0.4, -0.2) is 24.1 Å². The molecule has 0 spiro atoms. The van der Waals surface area contributed by atoms with E-state index in [0.29, 0.717) is 17.8 Å². The molecule has 19 heavy (non-hydrogen) atoms. The van der Waals surface area contributed by atoms with Crippen molar-refractivity contribution in [2.45, 2.75) is 58.2 Å². The second-order valence-electron chi connectivity index (χ2n) is 5.67. The molecular weight excluding hydrogens is 241 g/mol. The molecule has 2 nitrogen and oxygen atoms in total. The molecule has 3 heteroatoms. The van der Waals surface area contributed by atoms with Gasteiger partial charge in [-0.2, -0.15) is 0 Å². The number of methoxy groups -OCH3 is 1. The highest BCUT2D eigenvalue weighted by Gasteiger charge is 2.24. The summed E-state index contributed by atoms with van der Waals surface area (Å²) in [6.07, 6.45) is 5.20. The summed E-state index contributed by atoms with van der Waals surface area (Å²) in [6, 6.07) is 6.44. The van der Waals surface area contributed by atoms with Gasteiger partial charge < -0.3 is 4.74 Å². The average Bonchev–Trinajstić information content (AvgIpc) is 2.89. The monoisotopic (exact) mass is 265 g/mol. The van der Waals surface area contributed by atoms with Gasteiger partial charge in [0.15, 0.2) is 11.6 Å². The van der Waals surface area contributed by atoms with Crippen LogP contribution in [0.2, 0.25) is 0 Å². The third-order valence-corrected chi connectivity index (χ3v) is 4.04. The lowest BCUT2D eigenvalue weighted by Gasteiger charge is -2.32. The topological polar surface area (TPSA) is 12.5 Å². The Morgan fingerprint density at radius 1 is 1.32 bits per heavy atom. The summed E-state index contributed by atoms with van der Waals surface area (Å²) in [4.78, 5) is 2.49. The van der Waals surface area contributed by atoms with E-state index in [2.05, 4.69) is 18.7 Å². The molecule has 0 amide bonds. The SMILES string of the molecule is COc1ccc(CN(C(C)C)C2CCCC2)cc1F. The predicted octanol–water partition coefficient (Wildman–Crippen LogP) is 3.99. The molecular formula is C16H24FNO. The maximum Gasteiger partial charge on any atom is 0.165 e. The molecule has 0 atom stereocenters. The summed E-state index contributed by atoms with van der Waals surface area (Å²) < 4.78 is 18.7. The lowest BCUT2D eigenvalue weighted by atomic mass is 10.1. The van der Waals surface area contributed by atoms with Crippen molar-refractivity contribution in [3.63, 3.8) is 0 Å². The van der Waals surface area contributed by atoms with Crippen LogP contribution in [0.4, 0.5) is 4.39 Å². The fraction of sp³-hybridized carbons (Fsp3) is 0.625. The molecule has 0 bridgehead atoms. The lowest BCUT2D eigenvalue weighted by Crippen LogP contribution is -2.38. The van der Waals surface area contributed by atoms with E-state index in [1.165, 1.54) is 32.8 Å².